The van der Waals surface area contributed by atoms with Crippen molar-refractivity contribution in [3.8, 4) is 0 Å². The smallest absolute Gasteiger partial charge is 0.0380 e. The first-order valence-corrected chi connectivity index (χ1v) is 7.94. The van der Waals surface area contributed by atoms with Crippen molar-refractivity contribution < 1.29 is 0 Å². The van der Waals surface area contributed by atoms with Crippen molar-refractivity contribution in [1.82, 2.24) is 15.1 Å². The van der Waals surface area contributed by atoms with E-state index in [0.717, 1.165) is 6.42 Å². The molecular formula is C15H22BrN3. The van der Waals surface area contributed by atoms with Gasteiger partial charge in [0, 0.05) is 49.3 Å². The molecule has 0 aromatic heterocycles. The minimum absolute atomic E-state index is 0.529. The zero-order valence-electron chi connectivity index (χ0n) is 11.5. The molecule has 0 saturated carbocycles. The number of halogens is 1. The Kier molecular flexibility index (Phi) is 4.22. The van der Waals surface area contributed by atoms with Crippen molar-refractivity contribution in [3.05, 3.63) is 34.3 Å². The monoisotopic (exact) mass is 323 g/mol. The van der Waals surface area contributed by atoms with Crippen molar-refractivity contribution in [3.63, 3.8) is 0 Å². The second-order valence-corrected chi connectivity index (χ2v) is 6.45. The minimum Gasteiger partial charge on any atom is -0.315 e. The van der Waals surface area contributed by atoms with Gasteiger partial charge in [0.05, 0.1) is 0 Å². The Balaban J connectivity index is 1.73. The number of hydrogen-bond acceptors (Lipinski definition) is 3. The van der Waals surface area contributed by atoms with E-state index in [1.165, 1.54) is 42.8 Å². The second kappa shape index (κ2) is 5.92. The van der Waals surface area contributed by atoms with Gasteiger partial charge in [-0.05, 0) is 25.1 Å². The molecule has 4 rings (SSSR count). The number of nitrogens with one attached hydrogen (secondary N) is 1. The lowest BCUT2D eigenvalue weighted by Gasteiger charge is -2.50. The third-order valence-corrected chi connectivity index (χ3v) is 5.33. The summed E-state index contributed by atoms with van der Waals surface area (Å²) in [4.78, 5) is 5.27. The summed E-state index contributed by atoms with van der Waals surface area (Å²) in [5.74, 6) is 0. The van der Waals surface area contributed by atoms with Crippen LogP contribution < -0.4 is 5.32 Å². The van der Waals surface area contributed by atoms with Gasteiger partial charge in [0.15, 0.2) is 0 Å². The molecule has 0 spiro atoms. The fraction of sp³-hybridized carbons (Fsp3) is 0.600. The van der Waals surface area contributed by atoms with Crippen LogP contribution in [-0.2, 0) is 6.42 Å². The van der Waals surface area contributed by atoms with Crippen molar-refractivity contribution >= 4 is 15.9 Å². The topological polar surface area (TPSA) is 18.5 Å². The summed E-state index contributed by atoms with van der Waals surface area (Å²) in [6.07, 6.45) is 1.09. The van der Waals surface area contributed by atoms with E-state index in [9.17, 15) is 0 Å². The molecule has 104 valence electrons. The normalized spacial score (nSPS) is 31.4. The maximum atomic E-state index is 3.67. The molecule has 3 nitrogen and oxygen atoms in total. The zero-order chi connectivity index (χ0) is 13.2. The van der Waals surface area contributed by atoms with Crippen LogP contribution in [0.2, 0.25) is 0 Å². The van der Waals surface area contributed by atoms with Crippen LogP contribution in [0.5, 0.6) is 0 Å². The van der Waals surface area contributed by atoms with Crippen LogP contribution in [-0.4, -0.2) is 61.7 Å². The maximum absolute atomic E-state index is 3.67. The van der Waals surface area contributed by atoms with E-state index >= 15 is 0 Å². The number of nitrogens with zero attached hydrogens (tertiary/aromatic N) is 2. The molecular weight excluding hydrogens is 302 g/mol. The van der Waals surface area contributed by atoms with Gasteiger partial charge < -0.3 is 5.32 Å². The summed E-state index contributed by atoms with van der Waals surface area (Å²) in [5, 5.41) is 3.54. The van der Waals surface area contributed by atoms with E-state index in [0.29, 0.717) is 12.1 Å². The molecule has 3 aliphatic rings. The first kappa shape index (κ1) is 13.6. The van der Waals surface area contributed by atoms with Crippen molar-refractivity contribution in [2.24, 2.45) is 0 Å². The Hall–Kier alpha value is -0.420. The number of fused-ring (bicyclic) bond motifs is 3. The molecule has 1 aromatic rings. The number of benzene rings is 1. The highest BCUT2D eigenvalue weighted by atomic mass is 79.9. The summed E-state index contributed by atoms with van der Waals surface area (Å²) in [6.45, 7) is 6.19. The molecule has 0 amide bonds. The van der Waals surface area contributed by atoms with Crippen LogP contribution in [0.25, 0.3) is 0 Å². The second-order valence-electron chi connectivity index (χ2n) is 5.59. The lowest BCUT2D eigenvalue weighted by atomic mass is 9.94. The van der Waals surface area contributed by atoms with Gasteiger partial charge in [0.2, 0.25) is 0 Å². The minimum atomic E-state index is 0.529. The summed E-state index contributed by atoms with van der Waals surface area (Å²) in [5.41, 5.74) is 1.40. The van der Waals surface area contributed by atoms with Gasteiger partial charge in [0.25, 0.3) is 0 Å². The standard InChI is InChI=1S/C15H22BrN3/c1-17-14(10-12-4-2-3-5-13(12)16)15-11-18-6-8-19(15)9-7-18/h2-5,14-15,17H,6-11H2,1H3. The lowest BCUT2D eigenvalue weighted by molar-refractivity contribution is -0.00204. The highest BCUT2D eigenvalue weighted by Crippen LogP contribution is 2.23. The lowest BCUT2D eigenvalue weighted by Crippen LogP contribution is -2.66. The van der Waals surface area contributed by atoms with Gasteiger partial charge in [0.1, 0.15) is 0 Å². The van der Waals surface area contributed by atoms with Crippen LogP contribution >= 0.6 is 15.9 Å². The van der Waals surface area contributed by atoms with Crippen molar-refractivity contribution in [2.75, 3.05) is 39.8 Å². The van der Waals surface area contributed by atoms with Crippen LogP contribution in [0.3, 0.4) is 0 Å². The fourth-order valence-corrected chi connectivity index (χ4v) is 3.82. The molecule has 3 fully saturated rings. The molecule has 0 aliphatic carbocycles. The van der Waals surface area contributed by atoms with E-state index < -0.39 is 0 Å². The zero-order valence-corrected chi connectivity index (χ0v) is 13.1. The molecule has 2 unspecified atom stereocenters. The third-order valence-electron chi connectivity index (χ3n) is 4.55. The first-order valence-electron chi connectivity index (χ1n) is 7.15. The summed E-state index contributed by atoms with van der Waals surface area (Å²) in [7, 11) is 2.10. The van der Waals surface area contributed by atoms with Gasteiger partial charge in [-0.3, -0.25) is 9.80 Å². The quantitative estimate of drug-likeness (QED) is 0.907. The molecule has 1 N–H and O–H groups in total. The predicted octanol–water partition coefficient (Wildman–Crippen LogP) is 1.58. The molecule has 1 aromatic carbocycles. The summed E-state index contributed by atoms with van der Waals surface area (Å²) >= 11 is 3.67. The molecule has 4 heteroatoms. The van der Waals surface area contributed by atoms with Crippen molar-refractivity contribution in [1.29, 1.82) is 0 Å². The van der Waals surface area contributed by atoms with Crippen LogP contribution in [0.15, 0.2) is 28.7 Å². The van der Waals surface area contributed by atoms with Gasteiger partial charge >= 0.3 is 0 Å². The van der Waals surface area contributed by atoms with E-state index in [1.54, 1.807) is 0 Å². The maximum Gasteiger partial charge on any atom is 0.0380 e. The third kappa shape index (κ3) is 2.87. The number of piperazine rings is 3. The Morgan fingerprint density at radius 3 is 2.58 bits per heavy atom. The number of hydrogen-bond donors (Lipinski definition) is 1. The Morgan fingerprint density at radius 2 is 2.00 bits per heavy atom. The average molecular weight is 324 g/mol. The SMILES string of the molecule is CNC(Cc1ccccc1Br)C1CN2CCN1CC2. The Labute approximate surface area is 124 Å². The molecule has 0 radical (unpaired) electrons. The van der Waals surface area contributed by atoms with Gasteiger partial charge in [-0.2, -0.15) is 0 Å². The molecule has 3 aliphatic heterocycles. The highest BCUT2D eigenvalue weighted by molar-refractivity contribution is 9.10. The largest absolute Gasteiger partial charge is 0.315 e. The van der Waals surface area contributed by atoms with Gasteiger partial charge in [-0.25, -0.2) is 0 Å². The summed E-state index contributed by atoms with van der Waals surface area (Å²) < 4.78 is 1.23. The fourth-order valence-electron chi connectivity index (χ4n) is 3.37. The van der Waals surface area contributed by atoms with Crippen LogP contribution in [0.4, 0.5) is 0 Å². The molecule has 19 heavy (non-hydrogen) atoms. The highest BCUT2D eigenvalue weighted by Gasteiger charge is 2.36. The molecule has 2 atom stereocenters. The molecule has 3 heterocycles. The molecule has 2 bridgehead atoms. The van der Waals surface area contributed by atoms with E-state index in [4.69, 9.17) is 0 Å². The first-order chi connectivity index (χ1) is 9.28. The van der Waals surface area contributed by atoms with Gasteiger partial charge in [-0.1, -0.05) is 34.1 Å². The Morgan fingerprint density at radius 1 is 1.26 bits per heavy atom. The average Bonchev–Trinajstić information content (AvgIpc) is 2.47. The number of likely N-dealkylation sites (N-methyl/N-ethyl adjacent to an activating group) is 1. The Bertz CT molecular complexity index is 429. The summed E-state index contributed by atoms with van der Waals surface area (Å²) in [6, 6.07) is 9.76. The van der Waals surface area contributed by atoms with Gasteiger partial charge in [-0.15, -0.1) is 0 Å². The van der Waals surface area contributed by atoms with Crippen LogP contribution in [0.1, 0.15) is 5.56 Å². The van der Waals surface area contributed by atoms with E-state index in [1.807, 2.05) is 0 Å². The number of rotatable bonds is 4. The molecule has 3 saturated heterocycles. The predicted molar refractivity (Wildman–Crippen MR) is 82.5 cm³/mol. The van der Waals surface area contributed by atoms with Crippen molar-refractivity contribution in [2.45, 2.75) is 18.5 Å². The van der Waals surface area contributed by atoms with E-state index in [-0.39, 0.29) is 0 Å². The van der Waals surface area contributed by atoms with Crippen LogP contribution in [0, 0.1) is 0 Å². The van der Waals surface area contributed by atoms with E-state index in [2.05, 4.69) is 62.4 Å².